The molecule has 0 N–H and O–H groups in total. The summed E-state index contributed by atoms with van der Waals surface area (Å²) in [7, 11) is 1.94. The summed E-state index contributed by atoms with van der Waals surface area (Å²) in [5.74, 6) is 0. The molecule has 0 atom stereocenters. The van der Waals surface area contributed by atoms with Crippen LogP contribution in [0.5, 0.6) is 0 Å². The third-order valence-corrected chi connectivity index (χ3v) is 2.23. The molecule has 2 nitrogen and oxygen atoms in total. The molecule has 1 heterocycles. The van der Waals surface area contributed by atoms with E-state index in [9.17, 15) is 0 Å². The van der Waals surface area contributed by atoms with E-state index < -0.39 is 0 Å². The third kappa shape index (κ3) is 0.866. The molecule has 8 heavy (non-hydrogen) atoms. The van der Waals surface area contributed by atoms with Crippen molar-refractivity contribution in [3.05, 3.63) is 15.5 Å². The van der Waals surface area contributed by atoms with Crippen LogP contribution in [-0.2, 0) is 7.05 Å². The fourth-order valence-corrected chi connectivity index (χ4v) is 0.946. The van der Waals surface area contributed by atoms with E-state index in [0.717, 1.165) is 0 Å². The lowest BCUT2D eigenvalue weighted by atomic mass is 10.5. The Morgan fingerprint density at radius 1 is 1.75 bits per heavy atom. The highest BCUT2D eigenvalue weighted by Crippen LogP contribution is 2.06. The van der Waals surface area contributed by atoms with Gasteiger partial charge < -0.3 is 0 Å². The summed E-state index contributed by atoms with van der Waals surface area (Å²) in [5.41, 5.74) is 1.23. The van der Waals surface area contributed by atoms with Crippen LogP contribution >= 0.6 is 22.6 Å². The minimum absolute atomic E-state index is 1.23. The summed E-state index contributed by atoms with van der Waals surface area (Å²) in [6.45, 7) is 2.05. The quantitative estimate of drug-likeness (QED) is 0.605. The van der Waals surface area contributed by atoms with Crippen LogP contribution in [-0.4, -0.2) is 9.78 Å². The standard InChI is InChI=1S/C5H7IN2/c1-4-5(6)3-7-8(4)2/h3H,1-2H3. The van der Waals surface area contributed by atoms with Crippen LogP contribution in [0.1, 0.15) is 5.69 Å². The summed E-state index contributed by atoms with van der Waals surface area (Å²) in [5, 5.41) is 4.02. The Labute approximate surface area is 62.0 Å². The van der Waals surface area contributed by atoms with E-state index in [-0.39, 0.29) is 0 Å². The molecule has 0 fully saturated rings. The smallest absolute Gasteiger partial charge is 0.0626 e. The molecule has 44 valence electrons. The predicted molar refractivity (Wildman–Crippen MR) is 40.7 cm³/mol. The largest absolute Gasteiger partial charge is 0.272 e. The van der Waals surface area contributed by atoms with Crippen LogP contribution in [0, 0.1) is 10.5 Å². The van der Waals surface area contributed by atoms with Gasteiger partial charge in [-0.1, -0.05) is 0 Å². The minimum Gasteiger partial charge on any atom is -0.272 e. The molecule has 0 aliphatic rings. The minimum atomic E-state index is 1.23. The summed E-state index contributed by atoms with van der Waals surface area (Å²) in [6, 6.07) is 0. The molecule has 0 spiro atoms. The van der Waals surface area contributed by atoms with Crippen molar-refractivity contribution in [2.75, 3.05) is 0 Å². The average molecular weight is 222 g/mol. The molecular weight excluding hydrogens is 215 g/mol. The van der Waals surface area contributed by atoms with Gasteiger partial charge in [-0.2, -0.15) is 5.10 Å². The number of halogens is 1. The molecule has 0 aromatic carbocycles. The Kier molecular flexibility index (Phi) is 1.55. The normalized spacial score (nSPS) is 9.88. The summed E-state index contributed by atoms with van der Waals surface area (Å²) >= 11 is 2.26. The molecule has 0 bridgehead atoms. The molecule has 1 aromatic heterocycles. The lowest BCUT2D eigenvalue weighted by molar-refractivity contribution is 0.739. The van der Waals surface area contributed by atoms with Crippen molar-refractivity contribution < 1.29 is 0 Å². The Morgan fingerprint density at radius 3 is 2.50 bits per heavy atom. The Bertz CT molecular complexity index is 173. The van der Waals surface area contributed by atoms with Crippen LogP contribution in [0.25, 0.3) is 0 Å². The molecule has 3 heteroatoms. The Morgan fingerprint density at radius 2 is 2.38 bits per heavy atom. The molecule has 0 aliphatic heterocycles. The van der Waals surface area contributed by atoms with E-state index in [1.165, 1.54) is 9.26 Å². The van der Waals surface area contributed by atoms with Crippen molar-refractivity contribution in [3.63, 3.8) is 0 Å². The molecule has 0 saturated heterocycles. The predicted octanol–water partition coefficient (Wildman–Crippen LogP) is 1.33. The molecule has 0 unspecified atom stereocenters. The fraction of sp³-hybridized carbons (Fsp3) is 0.400. The highest BCUT2D eigenvalue weighted by atomic mass is 127. The highest BCUT2D eigenvalue weighted by molar-refractivity contribution is 14.1. The van der Waals surface area contributed by atoms with Crippen LogP contribution in [0.3, 0.4) is 0 Å². The number of hydrogen-bond acceptors (Lipinski definition) is 1. The number of rotatable bonds is 0. The first kappa shape index (κ1) is 6.07. The van der Waals surface area contributed by atoms with Gasteiger partial charge >= 0.3 is 0 Å². The maximum atomic E-state index is 4.02. The fourth-order valence-electron chi connectivity index (χ4n) is 0.472. The van der Waals surface area contributed by atoms with Gasteiger partial charge in [0.2, 0.25) is 0 Å². The zero-order chi connectivity index (χ0) is 6.15. The van der Waals surface area contributed by atoms with E-state index in [1.54, 1.807) is 0 Å². The number of hydrogen-bond donors (Lipinski definition) is 0. The summed E-state index contributed by atoms with van der Waals surface area (Å²) in [6.07, 6.45) is 1.86. The second-order valence-electron chi connectivity index (χ2n) is 1.70. The molecule has 1 rings (SSSR count). The van der Waals surface area contributed by atoms with Crippen LogP contribution in [0.4, 0.5) is 0 Å². The summed E-state index contributed by atoms with van der Waals surface area (Å²) in [4.78, 5) is 0. The van der Waals surface area contributed by atoms with Gasteiger partial charge in [-0.3, -0.25) is 4.68 Å². The monoisotopic (exact) mass is 222 g/mol. The van der Waals surface area contributed by atoms with Crippen molar-refractivity contribution in [3.8, 4) is 0 Å². The van der Waals surface area contributed by atoms with Gasteiger partial charge in [0, 0.05) is 12.7 Å². The van der Waals surface area contributed by atoms with Gasteiger partial charge in [-0.05, 0) is 29.5 Å². The van der Waals surface area contributed by atoms with Crippen molar-refractivity contribution in [2.24, 2.45) is 7.05 Å². The molecule has 0 amide bonds. The molecule has 0 saturated carbocycles. The number of aromatic nitrogens is 2. The van der Waals surface area contributed by atoms with E-state index in [0.29, 0.717) is 0 Å². The molecule has 0 radical (unpaired) electrons. The van der Waals surface area contributed by atoms with Gasteiger partial charge in [0.1, 0.15) is 0 Å². The van der Waals surface area contributed by atoms with Gasteiger partial charge in [0.05, 0.1) is 9.77 Å². The lowest BCUT2D eigenvalue weighted by Gasteiger charge is -1.89. The van der Waals surface area contributed by atoms with Gasteiger partial charge in [-0.15, -0.1) is 0 Å². The zero-order valence-electron chi connectivity index (χ0n) is 4.85. The molecule has 0 aliphatic carbocycles. The maximum Gasteiger partial charge on any atom is 0.0626 e. The van der Waals surface area contributed by atoms with Crippen LogP contribution in [0.15, 0.2) is 6.20 Å². The first-order valence-electron chi connectivity index (χ1n) is 2.36. The first-order chi connectivity index (χ1) is 3.72. The highest BCUT2D eigenvalue weighted by Gasteiger charge is 1.95. The second kappa shape index (κ2) is 2.05. The maximum absolute atomic E-state index is 4.02. The van der Waals surface area contributed by atoms with Crippen LogP contribution in [0.2, 0.25) is 0 Å². The van der Waals surface area contributed by atoms with Crippen molar-refractivity contribution in [1.82, 2.24) is 9.78 Å². The average Bonchev–Trinajstić information content (AvgIpc) is 1.98. The number of aryl methyl sites for hydroxylation is 1. The summed E-state index contributed by atoms with van der Waals surface area (Å²) < 4.78 is 3.09. The lowest BCUT2D eigenvalue weighted by Crippen LogP contribution is -1.91. The Balaban J connectivity index is 3.19. The zero-order valence-corrected chi connectivity index (χ0v) is 7.01. The van der Waals surface area contributed by atoms with E-state index >= 15 is 0 Å². The van der Waals surface area contributed by atoms with Gasteiger partial charge in [0.25, 0.3) is 0 Å². The third-order valence-electron chi connectivity index (χ3n) is 1.18. The molecule has 1 aromatic rings. The van der Waals surface area contributed by atoms with Gasteiger partial charge in [0.15, 0.2) is 0 Å². The topological polar surface area (TPSA) is 17.8 Å². The van der Waals surface area contributed by atoms with Crippen LogP contribution < -0.4 is 0 Å². The Hall–Kier alpha value is -0.0600. The van der Waals surface area contributed by atoms with Crippen molar-refractivity contribution in [2.45, 2.75) is 6.92 Å². The van der Waals surface area contributed by atoms with Gasteiger partial charge in [-0.25, -0.2) is 0 Å². The second-order valence-corrected chi connectivity index (χ2v) is 2.86. The van der Waals surface area contributed by atoms with Crippen molar-refractivity contribution in [1.29, 1.82) is 0 Å². The molecular formula is C5H7IN2. The van der Waals surface area contributed by atoms with E-state index in [4.69, 9.17) is 0 Å². The SMILES string of the molecule is Cc1c(I)cnn1C. The van der Waals surface area contributed by atoms with E-state index in [1.807, 2.05) is 17.9 Å². The van der Waals surface area contributed by atoms with Crippen molar-refractivity contribution >= 4 is 22.6 Å². The van der Waals surface area contributed by atoms with E-state index in [2.05, 4.69) is 34.6 Å². The number of nitrogens with zero attached hydrogens (tertiary/aromatic N) is 2. The first-order valence-corrected chi connectivity index (χ1v) is 3.44.